The first kappa shape index (κ1) is 15.1. The van der Waals surface area contributed by atoms with Gasteiger partial charge < -0.3 is 15.0 Å². The molecule has 1 rings (SSSR count). The Morgan fingerprint density at radius 2 is 2.22 bits per heavy atom. The van der Waals surface area contributed by atoms with Crippen molar-refractivity contribution in [2.75, 3.05) is 33.9 Å². The van der Waals surface area contributed by atoms with Gasteiger partial charge in [-0.1, -0.05) is 12.1 Å². The molecule has 1 aromatic rings. The molecule has 1 unspecified atom stereocenters. The van der Waals surface area contributed by atoms with Crippen LogP contribution in [0, 0.1) is 5.82 Å². The number of nitrogens with zero attached hydrogens (tertiary/aromatic N) is 1. The summed E-state index contributed by atoms with van der Waals surface area (Å²) in [7, 11) is 3.74. The molecule has 102 valence electrons. The van der Waals surface area contributed by atoms with Gasteiger partial charge in [0.1, 0.15) is 5.82 Å². The molecule has 0 amide bonds. The molecule has 0 saturated heterocycles. The van der Waals surface area contributed by atoms with Crippen LogP contribution < -0.4 is 5.32 Å². The minimum Gasteiger partial charge on any atom is -0.383 e. The molecule has 0 fully saturated rings. The van der Waals surface area contributed by atoms with Gasteiger partial charge in [-0.15, -0.1) is 0 Å². The molecule has 3 nitrogen and oxygen atoms in total. The molecule has 18 heavy (non-hydrogen) atoms. The van der Waals surface area contributed by atoms with Gasteiger partial charge in [0.2, 0.25) is 0 Å². The molecular formula is C14H23FN2O. The summed E-state index contributed by atoms with van der Waals surface area (Å²) in [6, 6.07) is 7.10. The standard InChI is InChI=1S/C14H23FN2O/c1-12(11-18-3)16-7-8-17(2)10-13-5-4-6-14(15)9-13/h4-6,9,12,16H,7-8,10-11H2,1-3H3. The predicted octanol–water partition coefficient (Wildman–Crippen LogP) is 1.88. The van der Waals surface area contributed by atoms with E-state index in [0.717, 1.165) is 25.2 Å². The molecule has 0 radical (unpaired) electrons. The van der Waals surface area contributed by atoms with Crippen molar-refractivity contribution < 1.29 is 9.13 Å². The number of halogens is 1. The third kappa shape index (κ3) is 6.10. The molecule has 0 saturated carbocycles. The summed E-state index contributed by atoms with van der Waals surface area (Å²) in [6.07, 6.45) is 0. The minimum atomic E-state index is -0.173. The molecule has 0 aliphatic heterocycles. The first-order valence-corrected chi connectivity index (χ1v) is 6.27. The van der Waals surface area contributed by atoms with E-state index < -0.39 is 0 Å². The Morgan fingerprint density at radius 1 is 1.44 bits per heavy atom. The summed E-state index contributed by atoms with van der Waals surface area (Å²) in [5, 5.41) is 3.37. The number of likely N-dealkylation sites (N-methyl/N-ethyl adjacent to an activating group) is 1. The highest BCUT2D eigenvalue weighted by Crippen LogP contribution is 2.05. The summed E-state index contributed by atoms with van der Waals surface area (Å²) in [4.78, 5) is 2.17. The Balaban J connectivity index is 2.23. The zero-order valence-electron chi connectivity index (χ0n) is 11.4. The normalized spacial score (nSPS) is 12.9. The lowest BCUT2D eigenvalue weighted by molar-refractivity contribution is 0.170. The third-order valence-electron chi connectivity index (χ3n) is 2.74. The quantitative estimate of drug-likeness (QED) is 0.766. The number of nitrogens with one attached hydrogen (secondary N) is 1. The first-order chi connectivity index (χ1) is 8.61. The largest absolute Gasteiger partial charge is 0.383 e. The van der Waals surface area contributed by atoms with Crippen molar-refractivity contribution in [2.24, 2.45) is 0 Å². The summed E-state index contributed by atoms with van der Waals surface area (Å²) in [5.74, 6) is -0.173. The molecule has 0 heterocycles. The van der Waals surface area contributed by atoms with E-state index in [2.05, 4.69) is 17.1 Å². The summed E-state index contributed by atoms with van der Waals surface area (Å²) in [6.45, 7) is 5.39. The van der Waals surface area contributed by atoms with Gasteiger partial charge in [0.15, 0.2) is 0 Å². The van der Waals surface area contributed by atoms with E-state index in [4.69, 9.17) is 4.74 Å². The van der Waals surface area contributed by atoms with Crippen molar-refractivity contribution >= 4 is 0 Å². The van der Waals surface area contributed by atoms with Crippen LogP contribution in [-0.2, 0) is 11.3 Å². The Hall–Kier alpha value is -0.970. The van der Waals surface area contributed by atoms with Gasteiger partial charge in [0, 0.05) is 32.8 Å². The molecule has 1 atom stereocenters. The van der Waals surface area contributed by atoms with Crippen LogP contribution in [0.25, 0.3) is 0 Å². The second-order valence-electron chi connectivity index (χ2n) is 4.68. The number of hydrogen-bond acceptors (Lipinski definition) is 3. The van der Waals surface area contributed by atoms with E-state index in [-0.39, 0.29) is 5.82 Å². The lowest BCUT2D eigenvalue weighted by Gasteiger charge is -2.19. The van der Waals surface area contributed by atoms with Gasteiger partial charge in [0.05, 0.1) is 6.61 Å². The number of rotatable bonds is 8. The molecule has 1 N–H and O–H groups in total. The fourth-order valence-corrected chi connectivity index (χ4v) is 1.84. The van der Waals surface area contributed by atoms with E-state index >= 15 is 0 Å². The lowest BCUT2D eigenvalue weighted by Crippen LogP contribution is -2.36. The van der Waals surface area contributed by atoms with Crippen LogP contribution in [0.2, 0.25) is 0 Å². The van der Waals surface area contributed by atoms with Crippen LogP contribution in [0.4, 0.5) is 4.39 Å². The second kappa shape index (κ2) is 8.19. The zero-order chi connectivity index (χ0) is 13.4. The maximum absolute atomic E-state index is 13.0. The zero-order valence-corrected chi connectivity index (χ0v) is 11.4. The summed E-state index contributed by atoms with van der Waals surface area (Å²) < 4.78 is 18.1. The predicted molar refractivity (Wildman–Crippen MR) is 72.1 cm³/mol. The molecule has 0 bridgehead atoms. The molecule has 0 aliphatic rings. The average Bonchev–Trinajstić information content (AvgIpc) is 2.29. The Morgan fingerprint density at radius 3 is 2.89 bits per heavy atom. The SMILES string of the molecule is COCC(C)NCCN(C)Cc1cccc(F)c1. The van der Waals surface area contributed by atoms with Crippen molar-refractivity contribution in [3.05, 3.63) is 35.6 Å². The van der Waals surface area contributed by atoms with Gasteiger partial charge in [-0.2, -0.15) is 0 Å². The topological polar surface area (TPSA) is 24.5 Å². The van der Waals surface area contributed by atoms with Gasteiger partial charge in [-0.25, -0.2) is 4.39 Å². The van der Waals surface area contributed by atoms with Gasteiger partial charge in [-0.05, 0) is 31.7 Å². The summed E-state index contributed by atoms with van der Waals surface area (Å²) in [5.41, 5.74) is 1.00. The Bertz CT molecular complexity index is 346. The van der Waals surface area contributed by atoms with E-state index in [1.165, 1.54) is 6.07 Å². The van der Waals surface area contributed by atoms with E-state index in [1.807, 2.05) is 13.1 Å². The van der Waals surface area contributed by atoms with Crippen molar-refractivity contribution in [3.8, 4) is 0 Å². The minimum absolute atomic E-state index is 0.173. The first-order valence-electron chi connectivity index (χ1n) is 6.27. The number of methoxy groups -OCH3 is 1. The van der Waals surface area contributed by atoms with Crippen molar-refractivity contribution in [1.82, 2.24) is 10.2 Å². The van der Waals surface area contributed by atoms with Crippen LogP contribution in [0.15, 0.2) is 24.3 Å². The van der Waals surface area contributed by atoms with E-state index in [0.29, 0.717) is 12.6 Å². The van der Waals surface area contributed by atoms with Gasteiger partial charge in [-0.3, -0.25) is 0 Å². The smallest absolute Gasteiger partial charge is 0.123 e. The fourth-order valence-electron chi connectivity index (χ4n) is 1.84. The van der Waals surface area contributed by atoms with Crippen molar-refractivity contribution in [2.45, 2.75) is 19.5 Å². The van der Waals surface area contributed by atoms with Gasteiger partial charge in [0.25, 0.3) is 0 Å². The number of hydrogen-bond donors (Lipinski definition) is 1. The van der Waals surface area contributed by atoms with E-state index in [9.17, 15) is 4.39 Å². The third-order valence-corrected chi connectivity index (χ3v) is 2.74. The molecule has 0 aliphatic carbocycles. The van der Waals surface area contributed by atoms with Crippen LogP contribution in [0.3, 0.4) is 0 Å². The highest BCUT2D eigenvalue weighted by molar-refractivity contribution is 5.15. The number of benzene rings is 1. The monoisotopic (exact) mass is 254 g/mol. The maximum atomic E-state index is 13.0. The Kier molecular flexibility index (Phi) is 6.86. The summed E-state index contributed by atoms with van der Waals surface area (Å²) >= 11 is 0. The van der Waals surface area contributed by atoms with Crippen LogP contribution in [-0.4, -0.2) is 44.8 Å². The fraction of sp³-hybridized carbons (Fsp3) is 0.571. The lowest BCUT2D eigenvalue weighted by atomic mass is 10.2. The highest BCUT2D eigenvalue weighted by atomic mass is 19.1. The van der Waals surface area contributed by atoms with Gasteiger partial charge >= 0.3 is 0 Å². The van der Waals surface area contributed by atoms with Crippen molar-refractivity contribution in [3.63, 3.8) is 0 Å². The molecular weight excluding hydrogens is 231 g/mol. The second-order valence-corrected chi connectivity index (χ2v) is 4.68. The van der Waals surface area contributed by atoms with Crippen LogP contribution >= 0.6 is 0 Å². The van der Waals surface area contributed by atoms with Crippen molar-refractivity contribution in [1.29, 1.82) is 0 Å². The van der Waals surface area contributed by atoms with Crippen LogP contribution in [0.5, 0.6) is 0 Å². The maximum Gasteiger partial charge on any atom is 0.123 e. The molecule has 0 spiro atoms. The Labute approximate surface area is 109 Å². The van der Waals surface area contributed by atoms with Crippen LogP contribution in [0.1, 0.15) is 12.5 Å². The van der Waals surface area contributed by atoms with E-state index in [1.54, 1.807) is 19.2 Å². The molecule has 1 aromatic carbocycles. The molecule has 0 aromatic heterocycles. The highest BCUT2D eigenvalue weighted by Gasteiger charge is 2.03. The average molecular weight is 254 g/mol. The number of ether oxygens (including phenoxy) is 1. The molecule has 4 heteroatoms.